The fraction of sp³-hybridized carbons (Fsp3) is 0.619. The molecule has 0 bridgehead atoms. The molecule has 1 amide bonds. The highest BCUT2D eigenvalue weighted by atomic mass is 32.2. The van der Waals surface area contributed by atoms with Gasteiger partial charge in [-0.25, -0.2) is 4.98 Å². The number of hydrogen-bond donors (Lipinski definition) is 1. The summed E-state index contributed by atoms with van der Waals surface area (Å²) in [6, 6.07) is 8.07. The van der Waals surface area contributed by atoms with Crippen LogP contribution in [0.1, 0.15) is 32.1 Å². The number of para-hydroxylation sites is 2. The van der Waals surface area contributed by atoms with Crippen LogP contribution in [0.5, 0.6) is 0 Å². The van der Waals surface area contributed by atoms with Gasteiger partial charge in [0.25, 0.3) is 0 Å². The first-order valence-electron chi connectivity index (χ1n) is 10.3. The second-order valence-electron chi connectivity index (χ2n) is 7.89. The van der Waals surface area contributed by atoms with Gasteiger partial charge in [-0.1, -0.05) is 43.2 Å². The minimum absolute atomic E-state index is 0.0928. The first kappa shape index (κ1) is 19.7. The van der Waals surface area contributed by atoms with Gasteiger partial charge in [-0.15, -0.1) is 0 Å². The molecule has 2 aliphatic rings. The molecule has 28 heavy (non-hydrogen) atoms. The lowest BCUT2D eigenvalue weighted by atomic mass is 9.79. The number of rotatable bonds is 6. The standard InChI is InChI=1S/C21H30N4O2S/c1-24-18-8-4-3-7-17(18)23-20(24)28-15-19(26)22-16-21(9-5-2-6-10-21)25-11-13-27-14-12-25/h3-4,7-8H,2,5-6,9-16H2,1H3,(H,22,26). The Balaban J connectivity index is 1.35. The third-order valence-electron chi connectivity index (χ3n) is 6.16. The molecule has 152 valence electrons. The number of nitrogens with zero attached hydrogens (tertiary/aromatic N) is 3. The summed E-state index contributed by atoms with van der Waals surface area (Å²) < 4.78 is 7.60. The van der Waals surface area contributed by atoms with Crippen molar-refractivity contribution in [3.05, 3.63) is 24.3 Å². The number of nitrogens with one attached hydrogen (secondary N) is 1. The molecule has 0 atom stereocenters. The highest BCUT2D eigenvalue weighted by Crippen LogP contribution is 2.34. The predicted octanol–water partition coefficient (Wildman–Crippen LogP) is 2.82. The van der Waals surface area contributed by atoms with Crippen molar-refractivity contribution in [2.75, 3.05) is 38.6 Å². The zero-order valence-electron chi connectivity index (χ0n) is 16.7. The normalized spacial score (nSPS) is 20.3. The van der Waals surface area contributed by atoms with Gasteiger partial charge in [0.1, 0.15) is 0 Å². The van der Waals surface area contributed by atoms with Gasteiger partial charge in [0.15, 0.2) is 5.16 Å². The van der Waals surface area contributed by atoms with Crippen molar-refractivity contribution in [3.63, 3.8) is 0 Å². The van der Waals surface area contributed by atoms with Gasteiger partial charge in [0, 0.05) is 32.2 Å². The fourth-order valence-electron chi connectivity index (χ4n) is 4.55. The third-order valence-corrected chi connectivity index (χ3v) is 7.19. The van der Waals surface area contributed by atoms with Crippen molar-refractivity contribution in [3.8, 4) is 0 Å². The van der Waals surface area contributed by atoms with Crippen LogP contribution in [-0.2, 0) is 16.6 Å². The number of aromatic nitrogens is 2. The van der Waals surface area contributed by atoms with Crippen molar-refractivity contribution in [1.29, 1.82) is 0 Å². The van der Waals surface area contributed by atoms with Gasteiger partial charge in [-0.3, -0.25) is 9.69 Å². The molecule has 2 heterocycles. The van der Waals surface area contributed by atoms with Crippen LogP contribution < -0.4 is 5.32 Å². The highest BCUT2D eigenvalue weighted by molar-refractivity contribution is 7.99. The van der Waals surface area contributed by atoms with Crippen LogP contribution >= 0.6 is 11.8 Å². The van der Waals surface area contributed by atoms with Crippen LogP contribution in [0.15, 0.2) is 29.4 Å². The molecule has 4 rings (SSSR count). The van der Waals surface area contributed by atoms with E-state index in [1.165, 1.54) is 43.9 Å². The minimum atomic E-state index is 0.0928. The van der Waals surface area contributed by atoms with Gasteiger partial charge in [0.05, 0.1) is 30.0 Å². The molecular formula is C21H30N4O2S. The zero-order valence-corrected chi connectivity index (χ0v) is 17.5. The second-order valence-corrected chi connectivity index (χ2v) is 8.83. The Morgan fingerprint density at radius 2 is 1.96 bits per heavy atom. The summed E-state index contributed by atoms with van der Waals surface area (Å²) in [5, 5.41) is 4.12. The van der Waals surface area contributed by atoms with Crippen molar-refractivity contribution in [1.82, 2.24) is 19.8 Å². The maximum absolute atomic E-state index is 12.6. The molecule has 1 aliphatic heterocycles. The average molecular weight is 403 g/mol. The number of amides is 1. The molecule has 1 aliphatic carbocycles. The third kappa shape index (κ3) is 4.21. The van der Waals surface area contributed by atoms with Gasteiger partial charge in [0.2, 0.25) is 5.91 Å². The monoisotopic (exact) mass is 402 g/mol. The summed E-state index contributed by atoms with van der Waals surface area (Å²) in [6.45, 7) is 4.31. The maximum Gasteiger partial charge on any atom is 0.230 e. The molecular weight excluding hydrogens is 372 g/mol. The number of carbonyl (C=O) groups excluding carboxylic acids is 1. The average Bonchev–Trinajstić information content (AvgIpc) is 3.08. The SMILES string of the molecule is Cn1c(SCC(=O)NCC2(N3CCOCC3)CCCCC2)nc2ccccc21. The highest BCUT2D eigenvalue weighted by Gasteiger charge is 2.38. The summed E-state index contributed by atoms with van der Waals surface area (Å²) in [6.07, 6.45) is 6.16. The number of fused-ring (bicyclic) bond motifs is 1. The number of carbonyl (C=O) groups is 1. The van der Waals surface area contributed by atoms with Crippen LogP contribution in [0.4, 0.5) is 0 Å². The fourth-order valence-corrected chi connectivity index (χ4v) is 5.37. The van der Waals surface area contributed by atoms with Gasteiger partial charge < -0.3 is 14.6 Å². The van der Waals surface area contributed by atoms with E-state index >= 15 is 0 Å². The maximum atomic E-state index is 12.6. The van der Waals surface area contributed by atoms with Gasteiger partial charge >= 0.3 is 0 Å². The van der Waals surface area contributed by atoms with Crippen LogP contribution in [0.25, 0.3) is 11.0 Å². The van der Waals surface area contributed by atoms with E-state index in [1.54, 1.807) is 0 Å². The van der Waals surface area contributed by atoms with Crippen LogP contribution in [0.2, 0.25) is 0 Å². The number of benzene rings is 1. The van der Waals surface area contributed by atoms with Crippen molar-refractivity contribution >= 4 is 28.7 Å². The Labute approximate surface area is 171 Å². The van der Waals surface area contributed by atoms with E-state index in [4.69, 9.17) is 4.74 Å². The van der Waals surface area contributed by atoms with E-state index in [-0.39, 0.29) is 11.4 Å². The lowest BCUT2D eigenvalue weighted by Gasteiger charge is -2.48. The Hall–Kier alpha value is -1.57. The number of hydrogen-bond acceptors (Lipinski definition) is 5. The summed E-state index contributed by atoms with van der Waals surface area (Å²) >= 11 is 1.51. The Bertz CT molecular complexity index is 810. The molecule has 2 aromatic rings. The van der Waals surface area contributed by atoms with Crippen LogP contribution in [-0.4, -0.2) is 64.5 Å². The van der Waals surface area contributed by atoms with Crippen molar-refractivity contribution in [2.24, 2.45) is 7.05 Å². The summed E-state index contributed by atoms with van der Waals surface area (Å²) in [5.74, 6) is 0.492. The number of imidazole rings is 1. The molecule has 7 heteroatoms. The summed E-state index contributed by atoms with van der Waals surface area (Å²) in [5.41, 5.74) is 2.18. The predicted molar refractivity (Wildman–Crippen MR) is 113 cm³/mol. The molecule has 1 aromatic heterocycles. The zero-order chi connectivity index (χ0) is 19.4. The van der Waals surface area contributed by atoms with Crippen LogP contribution in [0, 0.1) is 0 Å². The molecule has 1 saturated heterocycles. The van der Waals surface area contributed by atoms with E-state index < -0.39 is 0 Å². The molecule has 6 nitrogen and oxygen atoms in total. The first-order chi connectivity index (χ1) is 13.7. The number of morpholine rings is 1. The number of aryl methyl sites for hydroxylation is 1. The Morgan fingerprint density at radius 3 is 2.71 bits per heavy atom. The van der Waals surface area contributed by atoms with E-state index in [1.807, 2.05) is 25.2 Å². The largest absolute Gasteiger partial charge is 0.379 e. The Kier molecular flexibility index (Phi) is 6.23. The first-order valence-corrected chi connectivity index (χ1v) is 11.3. The quantitative estimate of drug-likeness (QED) is 0.753. The molecule has 1 aromatic carbocycles. The van der Waals surface area contributed by atoms with Crippen LogP contribution in [0.3, 0.4) is 0 Å². The second kappa shape index (κ2) is 8.84. The molecule has 1 saturated carbocycles. The molecule has 1 N–H and O–H groups in total. The smallest absolute Gasteiger partial charge is 0.230 e. The minimum Gasteiger partial charge on any atom is -0.379 e. The van der Waals surface area contributed by atoms with E-state index in [0.717, 1.165) is 49.0 Å². The lowest BCUT2D eigenvalue weighted by Crippen LogP contribution is -2.59. The van der Waals surface area contributed by atoms with Crippen molar-refractivity contribution < 1.29 is 9.53 Å². The summed E-state index contributed by atoms with van der Waals surface area (Å²) in [7, 11) is 2.00. The van der Waals surface area contributed by atoms with E-state index in [0.29, 0.717) is 5.75 Å². The van der Waals surface area contributed by atoms with Gasteiger partial charge in [-0.2, -0.15) is 0 Å². The summed E-state index contributed by atoms with van der Waals surface area (Å²) in [4.78, 5) is 19.8. The Morgan fingerprint density at radius 1 is 1.21 bits per heavy atom. The molecule has 0 unspecified atom stereocenters. The molecule has 0 spiro atoms. The van der Waals surface area contributed by atoms with Crippen molar-refractivity contribution in [2.45, 2.75) is 42.8 Å². The number of ether oxygens (including phenoxy) is 1. The molecule has 2 fully saturated rings. The lowest BCUT2D eigenvalue weighted by molar-refractivity contribution is -0.119. The number of thioether (sulfide) groups is 1. The van der Waals surface area contributed by atoms with E-state index in [2.05, 4.69) is 25.8 Å². The van der Waals surface area contributed by atoms with Gasteiger partial charge in [-0.05, 0) is 25.0 Å². The molecule has 0 radical (unpaired) electrons. The van der Waals surface area contributed by atoms with E-state index in [9.17, 15) is 4.79 Å². The topological polar surface area (TPSA) is 59.4 Å².